The van der Waals surface area contributed by atoms with Crippen LogP contribution in [-0.4, -0.2) is 35.6 Å². The molecule has 0 aromatic carbocycles. The summed E-state index contributed by atoms with van der Waals surface area (Å²) in [5, 5.41) is 0. The Morgan fingerprint density at radius 3 is 2.78 bits per heavy atom. The van der Waals surface area contributed by atoms with Crippen molar-refractivity contribution in [2.45, 2.75) is 24.9 Å². The Bertz CT molecular complexity index is 407. The van der Waals surface area contributed by atoms with Crippen LogP contribution in [0.3, 0.4) is 0 Å². The fraction of sp³-hybridized carbons (Fsp3) is 0.583. The van der Waals surface area contributed by atoms with Crippen molar-refractivity contribution >= 4 is 40.7 Å². The zero-order chi connectivity index (χ0) is 11.1. The molecule has 0 N–H and O–H groups in total. The maximum absolute atomic E-state index is 5.78. The highest BCUT2D eigenvalue weighted by atomic mass is 79.9. The molecule has 18 heavy (non-hydrogen) atoms. The molecule has 3 rings (SSSR count). The SMILES string of the molecule is CN1C(COc2cncc(Br)c2)CC2CC21.Cl.Cl. The second-order valence-corrected chi connectivity index (χ2v) is 5.68. The number of pyridine rings is 1. The Morgan fingerprint density at radius 1 is 1.39 bits per heavy atom. The van der Waals surface area contributed by atoms with Crippen molar-refractivity contribution in [3.8, 4) is 5.75 Å². The molecule has 1 aromatic rings. The van der Waals surface area contributed by atoms with Crippen LogP contribution in [0.4, 0.5) is 0 Å². The first kappa shape index (κ1) is 16.0. The quantitative estimate of drug-likeness (QED) is 0.832. The fourth-order valence-corrected chi connectivity index (χ4v) is 2.96. The third-order valence-electron chi connectivity index (χ3n) is 3.68. The third-order valence-corrected chi connectivity index (χ3v) is 4.12. The molecule has 102 valence electrons. The van der Waals surface area contributed by atoms with Crippen LogP contribution in [-0.2, 0) is 0 Å². The van der Waals surface area contributed by atoms with Crippen molar-refractivity contribution in [1.29, 1.82) is 0 Å². The van der Waals surface area contributed by atoms with Gasteiger partial charge in [-0.05, 0) is 47.8 Å². The second-order valence-electron chi connectivity index (χ2n) is 4.77. The second kappa shape index (κ2) is 6.42. The van der Waals surface area contributed by atoms with Crippen LogP contribution in [0.2, 0.25) is 0 Å². The minimum atomic E-state index is 0. The van der Waals surface area contributed by atoms with Crippen LogP contribution >= 0.6 is 40.7 Å². The van der Waals surface area contributed by atoms with E-state index in [1.165, 1.54) is 12.8 Å². The lowest BCUT2D eigenvalue weighted by Gasteiger charge is -2.22. The summed E-state index contributed by atoms with van der Waals surface area (Å²) in [7, 11) is 2.21. The first-order valence-corrected chi connectivity index (χ1v) is 6.48. The maximum Gasteiger partial charge on any atom is 0.138 e. The number of fused-ring (bicyclic) bond motifs is 1. The van der Waals surface area contributed by atoms with Crippen molar-refractivity contribution in [3.63, 3.8) is 0 Å². The number of halogens is 3. The zero-order valence-corrected chi connectivity index (χ0v) is 13.3. The number of likely N-dealkylation sites (N-methyl/N-ethyl adjacent to an activating group) is 1. The molecule has 6 heteroatoms. The molecule has 1 saturated carbocycles. The number of nitrogens with zero attached hydrogens (tertiary/aromatic N) is 2. The highest BCUT2D eigenvalue weighted by molar-refractivity contribution is 9.10. The van der Waals surface area contributed by atoms with Crippen molar-refractivity contribution in [2.24, 2.45) is 5.92 Å². The summed E-state index contributed by atoms with van der Waals surface area (Å²) >= 11 is 3.39. The van der Waals surface area contributed by atoms with Crippen LogP contribution in [0.1, 0.15) is 12.8 Å². The Hall–Kier alpha value is -0.0300. The summed E-state index contributed by atoms with van der Waals surface area (Å²) in [5.74, 6) is 1.79. The van der Waals surface area contributed by atoms with E-state index in [0.29, 0.717) is 6.04 Å². The molecule has 0 bridgehead atoms. The predicted molar refractivity (Wildman–Crippen MR) is 80.0 cm³/mol. The Balaban J connectivity index is 0.000000810. The summed E-state index contributed by atoms with van der Waals surface area (Å²) in [6.45, 7) is 0.779. The molecule has 0 amide bonds. The van der Waals surface area contributed by atoms with Gasteiger partial charge in [0.1, 0.15) is 12.4 Å². The van der Waals surface area contributed by atoms with Gasteiger partial charge in [0.25, 0.3) is 0 Å². The molecule has 1 aliphatic heterocycles. The molecule has 3 unspecified atom stereocenters. The number of ether oxygens (including phenoxy) is 1. The van der Waals surface area contributed by atoms with E-state index in [1.54, 1.807) is 12.4 Å². The summed E-state index contributed by atoms with van der Waals surface area (Å²) in [6, 6.07) is 3.39. The van der Waals surface area contributed by atoms with Gasteiger partial charge in [0.15, 0.2) is 0 Å². The van der Waals surface area contributed by atoms with E-state index in [1.807, 2.05) is 6.07 Å². The average molecular weight is 356 g/mol. The van der Waals surface area contributed by atoms with Gasteiger partial charge in [-0.1, -0.05) is 0 Å². The Morgan fingerprint density at radius 2 is 2.17 bits per heavy atom. The van der Waals surface area contributed by atoms with Crippen molar-refractivity contribution in [1.82, 2.24) is 9.88 Å². The summed E-state index contributed by atoms with van der Waals surface area (Å²) in [6.07, 6.45) is 6.22. The topological polar surface area (TPSA) is 25.4 Å². The minimum Gasteiger partial charge on any atom is -0.490 e. The molecule has 2 aliphatic rings. The van der Waals surface area contributed by atoms with E-state index in [-0.39, 0.29) is 24.8 Å². The molecule has 1 saturated heterocycles. The molecular weight excluding hydrogens is 339 g/mol. The van der Waals surface area contributed by atoms with Gasteiger partial charge in [-0.15, -0.1) is 24.8 Å². The van der Waals surface area contributed by atoms with Crippen LogP contribution < -0.4 is 4.74 Å². The Kier molecular flexibility index (Phi) is 5.71. The van der Waals surface area contributed by atoms with Gasteiger partial charge in [0.2, 0.25) is 0 Å². The highest BCUT2D eigenvalue weighted by Crippen LogP contribution is 2.46. The predicted octanol–water partition coefficient (Wildman–Crippen LogP) is 3.16. The molecule has 1 aromatic heterocycles. The number of rotatable bonds is 3. The summed E-state index contributed by atoms with van der Waals surface area (Å²) in [5.41, 5.74) is 0. The average Bonchev–Trinajstić information content (AvgIpc) is 2.96. The standard InChI is InChI=1S/C12H15BrN2O.2ClH/c1-15-10(2-8-3-12(8)15)7-16-11-4-9(13)5-14-6-11;;/h4-6,8,10,12H,2-3,7H2,1H3;2*1H. The van der Waals surface area contributed by atoms with Crippen LogP contribution in [0.5, 0.6) is 5.75 Å². The molecule has 3 nitrogen and oxygen atoms in total. The van der Waals surface area contributed by atoms with Crippen LogP contribution in [0.25, 0.3) is 0 Å². The van der Waals surface area contributed by atoms with Gasteiger partial charge in [0.05, 0.1) is 6.20 Å². The number of piperidine rings is 1. The molecule has 0 radical (unpaired) electrons. The largest absolute Gasteiger partial charge is 0.490 e. The molecular formula is C12H17BrCl2N2O. The fourth-order valence-electron chi connectivity index (χ4n) is 2.62. The molecule has 1 aliphatic carbocycles. The molecule has 0 spiro atoms. The monoisotopic (exact) mass is 354 g/mol. The smallest absolute Gasteiger partial charge is 0.138 e. The van der Waals surface area contributed by atoms with E-state index >= 15 is 0 Å². The van der Waals surface area contributed by atoms with E-state index in [9.17, 15) is 0 Å². The van der Waals surface area contributed by atoms with E-state index in [4.69, 9.17) is 4.74 Å². The first-order valence-electron chi connectivity index (χ1n) is 5.69. The number of likely N-dealkylation sites (tertiary alicyclic amines) is 1. The minimum absolute atomic E-state index is 0. The Labute approximate surface area is 128 Å². The summed E-state index contributed by atoms with van der Waals surface area (Å²) in [4.78, 5) is 6.56. The zero-order valence-electron chi connectivity index (χ0n) is 10.1. The highest BCUT2D eigenvalue weighted by Gasteiger charge is 2.50. The third kappa shape index (κ3) is 3.29. The number of hydrogen-bond donors (Lipinski definition) is 0. The van der Waals surface area contributed by atoms with E-state index < -0.39 is 0 Å². The van der Waals surface area contributed by atoms with Gasteiger partial charge in [-0.3, -0.25) is 9.88 Å². The van der Waals surface area contributed by atoms with Gasteiger partial charge in [0, 0.05) is 22.8 Å². The van der Waals surface area contributed by atoms with Gasteiger partial charge in [-0.2, -0.15) is 0 Å². The van der Waals surface area contributed by atoms with E-state index in [2.05, 4.69) is 32.9 Å². The molecule has 2 fully saturated rings. The summed E-state index contributed by atoms with van der Waals surface area (Å²) < 4.78 is 6.74. The normalized spacial score (nSPS) is 28.9. The number of aromatic nitrogens is 1. The van der Waals surface area contributed by atoms with Crippen LogP contribution in [0.15, 0.2) is 22.9 Å². The van der Waals surface area contributed by atoms with Crippen molar-refractivity contribution in [3.05, 3.63) is 22.9 Å². The number of hydrogen-bond acceptors (Lipinski definition) is 3. The van der Waals surface area contributed by atoms with Crippen LogP contribution in [0, 0.1) is 5.92 Å². The maximum atomic E-state index is 5.78. The van der Waals surface area contributed by atoms with Crippen molar-refractivity contribution < 1.29 is 4.74 Å². The molecule has 3 atom stereocenters. The first-order chi connectivity index (χ1) is 7.74. The van der Waals surface area contributed by atoms with E-state index in [0.717, 1.165) is 28.8 Å². The lowest BCUT2D eigenvalue weighted by molar-refractivity contribution is 0.176. The van der Waals surface area contributed by atoms with Gasteiger partial charge in [-0.25, -0.2) is 0 Å². The van der Waals surface area contributed by atoms with Gasteiger partial charge >= 0.3 is 0 Å². The van der Waals surface area contributed by atoms with Gasteiger partial charge < -0.3 is 4.74 Å². The molecule has 2 heterocycles. The lowest BCUT2D eigenvalue weighted by atomic mass is 10.2. The lowest BCUT2D eigenvalue weighted by Crippen LogP contribution is -2.33. The van der Waals surface area contributed by atoms with Crippen molar-refractivity contribution in [2.75, 3.05) is 13.7 Å².